The molecule has 1 N–H and O–H groups in total. The van der Waals surface area contributed by atoms with Gasteiger partial charge in [0.2, 0.25) is 0 Å². The molecule has 1 amide bonds. The Morgan fingerprint density at radius 1 is 1.29 bits per heavy atom. The average molecular weight is 386 g/mol. The first-order valence-corrected chi connectivity index (χ1v) is 8.65. The summed E-state index contributed by atoms with van der Waals surface area (Å²) in [7, 11) is 0. The normalized spacial score (nSPS) is 13.9. The van der Waals surface area contributed by atoms with E-state index in [1.54, 1.807) is 6.26 Å². The molecule has 0 unspecified atom stereocenters. The highest BCUT2D eigenvalue weighted by molar-refractivity contribution is 9.10. The molecule has 1 saturated carbocycles. The molecule has 4 rings (SSSR count). The summed E-state index contributed by atoms with van der Waals surface area (Å²) in [5.74, 6) is 0.757. The second-order valence-corrected chi connectivity index (χ2v) is 6.83. The molecule has 2 heterocycles. The predicted octanol–water partition coefficient (Wildman–Crippen LogP) is 4.24. The van der Waals surface area contributed by atoms with Crippen LogP contribution in [0.1, 0.15) is 29.1 Å². The Hall–Kier alpha value is -2.34. The van der Waals surface area contributed by atoms with Gasteiger partial charge in [-0.15, -0.1) is 0 Å². The number of hydrogen-bond acceptors (Lipinski definition) is 3. The summed E-state index contributed by atoms with van der Waals surface area (Å²) in [6, 6.07) is 13.7. The molecule has 0 atom stereocenters. The summed E-state index contributed by atoms with van der Waals surface area (Å²) in [5, 5.41) is 7.16. The van der Waals surface area contributed by atoms with Crippen molar-refractivity contribution in [1.82, 2.24) is 15.1 Å². The SMILES string of the molecule is O=C(c1cc(-c2ccc(Br)cc2)n[nH]1)N(Cc1ccco1)C1CC1. The molecular weight excluding hydrogens is 370 g/mol. The van der Waals surface area contributed by atoms with Crippen molar-refractivity contribution in [3.8, 4) is 11.3 Å². The molecule has 24 heavy (non-hydrogen) atoms. The number of carbonyl (C=O) groups excluding carboxylic acids is 1. The Morgan fingerprint density at radius 3 is 2.75 bits per heavy atom. The van der Waals surface area contributed by atoms with E-state index in [2.05, 4.69) is 26.1 Å². The maximum Gasteiger partial charge on any atom is 0.272 e. The minimum absolute atomic E-state index is 0.0373. The van der Waals surface area contributed by atoms with Gasteiger partial charge < -0.3 is 9.32 Å². The van der Waals surface area contributed by atoms with Crippen molar-refractivity contribution in [2.75, 3.05) is 0 Å². The average Bonchev–Trinajstić information content (AvgIpc) is 3.10. The Balaban J connectivity index is 1.56. The number of aromatic amines is 1. The number of furan rings is 1. The quantitative estimate of drug-likeness (QED) is 0.714. The number of carbonyl (C=O) groups is 1. The minimum atomic E-state index is -0.0373. The molecule has 1 aliphatic carbocycles. The number of rotatable bonds is 5. The minimum Gasteiger partial charge on any atom is -0.467 e. The van der Waals surface area contributed by atoms with Crippen LogP contribution >= 0.6 is 15.9 Å². The van der Waals surface area contributed by atoms with E-state index in [1.807, 2.05) is 47.4 Å². The zero-order valence-electron chi connectivity index (χ0n) is 12.9. The number of nitrogens with one attached hydrogen (secondary N) is 1. The lowest BCUT2D eigenvalue weighted by molar-refractivity contribution is 0.0711. The van der Waals surface area contributed by atoms with Crippen LogP contribution < -0.4 is 0 Å². The highest BCUT2D eigenvalue weighted by Gasteiger charge is 2.34. The van der Waals surface area contributed by atoms with Crippen molar-refractivity contribution in [1.29, 1.82) is 0 Å². The van der Waals surface area contributed by atoms with Gasteiger partial charge in [-0.05, 0) is 43.2 Å². The standard InChI is InChI=1S/C18H16BrN3O2/c19-13-5-3-12(4-6-13)16-10-17(21-20-16)18(23)22(14-7-8-14)11-15-2-1-9-24-15/h1-6,9-10,14H,7-8,11H2,(H,20,21). The molecule has 0 spiro atoms. The molecule has 0 bridgehead atoms. The fraction of sp³-hybridized carbons (Fsp3) is 0.222. The fourth-order valence-corrected chi connectivity index (χ4v) is 2.94. The van der Waals surface area contributed by atoms with Gasteiger partial charge in [-0.2, -0.15) is 5.10 Å². The topological polar surface area (TPSA) is 62.1 Å². The van der Waals surface area contributed by atoms with Crippen molar-refractivity contribution in [2.24, 2.45) is 0 Å². The number of amides is 1. The van der Waals surface area contributed by atoms with Crippen LogP contribution in [0, 0.1) is 0 Å². The molecule has 0 saturated heterocycles. The van der Waals surface area contributed by atoms with Gasteiger partial charge in [0.15, 0.2) is 0 Å². The summed E-state index contributed by atoms with van der Waals surface area (Å²) in [4.78, 5) is 14.7. The highest BCUT2D eigenvalue weighted by atomic mass is 79.9. The van der Waals surface area contributed by atoms with Crippen LogP contribution in [0.2, 0.25) is 0 Å². The van der Waals surface area contributed by atoms with Gasteiger partial charge in [-0.3, -0.25) is 9.89 Å². The van der Waals surface area contributed by atoms with Crippen molar-refractivity contribution in [3.63, 3.8) is 0 Å². The highest BCUT2D eigenvalue weighted by Crippen LogP contribution is 2.30. The van der Waals surface area contributed by atoms with Gasteiger partial charge in [0.05, 0.1) is 18.5 Å². The van der Waals surface area contributed by atoms with Gasteiger partial charge in [0, 0.05) is 16.1 Å². The third-order valence-electron chi connectivity index (χ3n) is 4.10. The molecule has 0 aliphatic heterocycles. The summed E-state index contributed by atoms with van der Waals surface area (Å²) in [6.45, 7) is 0.489. The molecule has 122 valence electrons. The van der Waals surface area contributed by atoms with Gasteiger partial charge in [0.1, 0.15) is 11.5 Å². The van der Waals surface area contributed by atoms with Crippen LogP contribution in [0.15, 0.2) is 57.6 Å². The van der Waals surface area contributed by atoms with Crippen LogP contribution in [0.25, 0.3) is 11.3 Å². The molecular formula is C18H16BrN3O2. The van der Waals surface area contributed by atoms with Crippen molar-refractivity contribution < 1.29 is 9.21 Å². The van der Waals surface area contributed by atoms with E-state index in [-0.39, 0.29) is 5.91 Å². The number of benzene rings is 1. The first-order valence-electron chi connectivity index (χ1n) is 7.85. The molecule has 2 aromatic heterocycles. The van der Waals surface area contributed by atoms with E-state index in [4.69, 9.17) is 4.42 Å². The van der Waals surface area contributed by atoms with Crippen molar-refractivity contribution in [2.45, 2.75) is 25.4 Å². The monoisotopic (exact) mass is 385 g/mol. The second-order valence-electron chi connectivity index (χ2n) is 5.92. The molecule has 1 aliphatic rings. The lowest BCUT2D eigenvalue weighted by atomic mass is 10.1. The Morgan fingerprint density at radius 2 is 2.08 bits per heavy atom. The van der Waals surface area contributed by atoms with Crippen LogP contribution in [0.3, 0.4) is 0 Å². The van der Waals surface area contributed by atoms with E-state index < -0.39 is 0 Å². The number of H-pyrrole nitrogens is 1. The van der Waals surface area contributed by atoms with Crippen LogP contribution in [0.4, 0.5) is 0 Å². The molecule has 3 aromatic rings. The van der Waals surface area contributed by atoms with E-state index in [0.717, 1.165) is 34.3 Å². The molecule has 0 radical (unpaired) electrons. The Labute approximate surface area is 147 Å². The van der Waals surface area contributed by atoms with E-state index in [9.17, 15) is 4.79 Å². The van der Waals surface area contributed by atoms with Gasteiger partial charge in [0.25, 0.3) is 5.91 Å². The van der Waals surface area contributed by atoms with E-state index in [1.165, 1.54) is 0 Å². The lowest BCUT2D eigenvalue weighted by Gasteiger charge is -2.20. The van der Waals surface area contributed by atoms with E-state index >= 15 is 0 Å². The van der Waals surface area contributed by atoms with Crippen molar-refractivity contribution >= 4 is 21.8 Å². The molecule has 1 fully saturated rings. The van der Waals surface area contributed by atoms with Crippen molar-refractivity contribution in [3.05, 3.63) is 64.7 Å². The maximum absolute atomic E-state index is 12.9. The summed E-state index contributed by atoms with van der Waals surface area (Å²) in [5.41, 5.74) is 2.24. The number of halogens is 1. The predicted molar refractivity (Wildman–Crippen MR) is 93.3 cm³/mol. The van der Waals surface area contributed by atoms with Gasteiger partial charge >= 0.3 is 0 Å². The first kappa shape index (κ1) is 15.2. The smallest absolute Gasteiger partial charge is 0.272 e. The maximum atomic E-state index is 12.9. The zero-order chi connectivity index (χ0) is 16.5. The van der Waals surface area contributed by atoms with Gasteiger partial charge in [-0.25, -0.2) is 0 Å². The largest absolute Gasteiger partial charge is 0.467 e. The first-order chi connectivity index (χ1) is 11.7. The summed E-state index contributed by atoms with van der Waals surface area (Å²) < 4.78 is 6.40. The van der Waals surface area contributed by atoms with E-state index in [0.29, 0.717) is 18.3 Å². The molecule has 5 nitrogen and oxygen atoms in total. The van der Waals surface area contributed by atoms with Crippen LogP contribution in [-0.2, 0) is 6.54 Å². The zero-order valence-corrected chi connectivity index (χ0v) is 14.5. The lowest BCUT2D eigenvalue weighted by Crippen LogP contribution is -2.32. The second kappa shape index (κ2) is 6.28. The van der Waals surface area contributed by atoms with Crippen LogP contribution in [-0.4, -0.2) is 27.0 Å². The van der Waals surface area contributed by atoms with Crippen LogP contribution in [0.5, 0.6) is 0 Å². The number of hydrogen-bond donors (Lipinski definition) is 1. The third kappa shape index (κ3) is 3.14. The summed E-state index contributed by atoms with van der Waals surface area (Å²) in [6.07, 6.45) is 3.72. The Bertz CT molecular complexity index is 836. The van der Waals surface area contributed by atoms with Gasteiger partial charge in [-0.1, -0.05) is 28.1 Å². The number of nitrogens with zero attached hydrogens (tertiary/aromatic N) is 2. The third-order valence-corrected chi connectivity index (χ3v) is 4.63. The summed E-state index contributed by atoms with van der Waals surface area (Å²) >= 11 is 3.42. The Kier molecular flexibility index (Phi) is 3.98. The number of aromatic nitrogens is 2. The molecule has 1 aromatic carbocycles. The molecule has 6 heteroatoms. The fourth-order valence-electron chi connectivity index (χ4n) is 2.68.